The van der Waals surface area contributed by atoms with Crippen LogP contribution in [0.15, 0.2) is 29.8 Å². The van der Waals surface area contributed by atoms with Crippen LogP contribution in [0.4, 0.5) is 0 Å². The summed E-state index contributed by atoms with van der Waals surface area (Å²) in [5.74, 6) is -0.616. The number of nitrogens with zero attached hydrogens (tertiary/aromatic N) is 2. The first-order valence-corrected chi connectivity index (χ1v) is 13.0. The number of cyclic esters (lactones) is 1. The molecule has 7 heteroatoms. The summed E-state index contributed by atoms with van der Waals surface area (Å²) in [5.41, 5.74) is 2.67. The van der Waals surface area contributed by atoms with Crippen LogP contribution >= 0.6 is 0 Å². The molecule has 2 N–H and O–H groups in total. The average Bonchev–Trinajstić information content (AvgIpc) is 3.11. The number of aromatic nitrogens is 2. The lowest BCUT2D eigenvalue weighted by molar-refractivity contribution is -0.155. The Morgan fingerprint density at radius 2 is 1.83 bits per heavy atom. The van der Waals surface area contributed by atoms with E-state index in [1.807, 2.05) is 43.7 Å². The molecule has 1 aromatic heterocycles. The third-order valence-electron chi connectivity index (χ3n) is 8.02. The summed E-state index contributed by atoms with van der Waals surface area (Å²) in [5, 5.41) is 21.7. The Balaban J connectivity index is 1.93. The lowest BCUT2D eigenvalue weighted by Crippen LogP contribution is -2.45. The molecule has 1 aliphatic rings. The van der Waals surface area contributed by atoms with E-state index in [0.29, 0.717) is 6.42 Å². The minimum absolute atomic E-state index is 0.0520. The van der Waals surface area contributed by atoms with Gasteiger partial charge in [-0.3, -0.25) is 9.59 Å². The molecule has 0 radical (unpaired) electrons. The molecule has 0 spiro atoms. The molecular formula is C29H42N2O5. The van der Waals surface area contributed by atoms with Gasteiger partial charge in [-0.25, -0.2) is 4.98 Å². The van der Waals surface area contributed by atoms with E-state index in [1.54, 1.807) is 20.8 Å². The molecule has 7 nitrogen and oxygen atoms in total. The largest absolute Gasteiger partial charge is 0.457 e. The third-order valence-corrected chi connectivity index (χ3v) is 8.02. The van der Waals surface area contributed by atoms with E-state index in [1.165, 1.54) is 5.57 Å². The molecular weight excluding hydrogens is 456 g/mol. The van der Waals surface area contributed by atoms with Gasteiger partial charge in [0, 0.05) is 19.4 Å². The topological polar surface area (TPSA) is 102 Å². The Labute approximate surface area is 214 Å². The fourth-order valence-electron chi connectivity index (χ4n) is 5.09. The summed E-state index contributed by atoms with van der Waals surface area (Å²) >= 11 is 0. The SMILES string of the molecule is C/C1=C/CC(c2ccc3c(c2)nc(C)n3C)OC(=O)C[C@H](O)C(C)(C)C(=O)[C@H](C)C(O)[C@@H](C)CCC1. The first-order chi connectivity index (χ1) is 16.8. The molecule has 0 fully saturated rings. The molecule has 1 aliphatic heterocycles. The van der Waals surface area contributed by atoms with Crippen LogP contribution in [0.2, 0.25) is 0 Å². The Morgan fingerprint density at radius 3 is 2.53 bits per heavy atom. The quantitative estimate of drug-likeness (QED) is 0.425. The van der Waals surface area contributed by atoms with E-state index in [-0.39, 0.29) is 18.1 Å². The van der Waals surface area contributed by atoms with Crippen molar-refractivity contribution >= 4 is 22.8 Å². The normalized spacial score (nSPS) is 30.6. The summed E-state index contributed by atoms with van der Waals surface area (Å²) in [7, 11) is 1.97. The van der Waals surface area contributed by atoms with E-state index < -0.39 is 35.6 Å². The van der Waals surface area contributed by atoms with Crippen LogP contribution in [0, 0.1) is 24.2 Å². The van der Waals surface area contributed by atoms with Crippen molar-refractivity contribution in [3.05, 3.63) is 41.2 Å². The van der Waals surface area contributed by atoms with Crippen molar-refractivity contribution in [3.63, 3.8) is 0 Å². The number of carbonyl (C=O) groups is 2. The number of ether oxygens (including phenoxy) is 1. The maximum Gasteiger partial charge on any atom is 0.309 e. The third kappa shape index (κ3) is 6.06. The van der Waals surface area contributed by atoms with Gasteiger partial charge in [0.2, 0.25) is 0 Å². The van der Waals surface area contributed by atoms with Gasteiger partial charge in [-0.2, -0.15) is 0 Å². The standard InChI is InChI=1S/C29H42N2O5/c1-17-9-8-10-18(2)27(34)19(3)28(35)29(5,6)25(32)16-26(33)36-24(14-11-17)21-12-13-23-22(15-21)30-20(4)31(23)7/h11-13,15,18-19,24-25,27,32,34H,8-10,14,16H2,1-7H3/b17-11-/t18-,19+,24?,25-,27?/m0/s1. The van der Waals surface area contributed by atoms with Crippen LogP contribution in [0.3, 0.4) is 0 Å². The summed E-state index contributed by atoms with van der Waals surface area (Å²) in [6, 6.07) is 5.90. The van der Waals surface area contributed by atoms with Gasteiger partial charge in [-0.15, -0.1) is 0 Å². The molecule has 0 aliphatic carbocycles. The second-order valence-corrected chi connectivity index (χ2v) is 11.2. The van der Waals surface area contributed by atoms with Gasteiger partial charge in [-0.05, 0) is 56.7 Å². The zero-order valence-corrected chi connectivity index (χ0v) is 22.7. The molecule has 0 saturated carbocycles. The van der Waals surface area contributed by atoms with Crippen molar-refractivity contribution in [3.8, 4) is 0 Å². The monoisotopic (exact) mass is 498 g/mol. The molecule has 5 atom stereocenters. The van der Waals surface area contributed by atoms with E-state index >= 15 is 0 Å². The van der Waals surface area contributed by atoms with Crippen LogP contribution < -0.4 is 0 Å². The van der Waals surface area contributed by atoms with Gasteiger partial charge in [-0.1, -0.05) is 45.4 Å². The van der Waals surface area contributed by atoms with Gasteiger partial charge in [0.1, 0.15) is 17.7 Å². The number of fused-ring (bicyclic) bond motifs is 1. The predicted octanol–water partition coefficient (Wildman–Crippen LogP) is 4.97. The number of allylic oxidation sites excluding steroid dienone is 1. The molecule has 3 rings (SSSR count). The number of aryl methyl sites for hydroxylation is 2. The van der Waals surface area contributed by atoms with E-state index in [2.05, 4.69) is 18.0 Å². The van der Waals surface area contributed by atoms with E-state index in [0.717, 1.165) is 41.7 Å². The highest BCUT2D eigenvalue weighted by Crippen LogP contribution is 2.33. The molecule has 1 aromatic carbocycles. The van der Waals surface area contributed by atoms with Crippen LogP contribution in [-0.4, -0.2) is 43.7 Å². The first kappa shape index (κ1) is 28.1. The lowest BCUT2D eigenvalue weighted by atomic mass is 9.73. The number of imidazole rings is 1. The molecule has 198 valence electrons. The number of ketones is 1. The Morgan fingerprint density at radius 1 is 1.14 bits per heavy atom. The number of aliphatic hydroxyl groups is 2. The van der Waals surface area contributed by atoms with Crippen molar-refractivity contribution in [1.82, 2.24) is 9.55 Å². The smallest absolute Gasteiger partial charge is 0.309 e. The zero-order valence-electron chi connectivity index (χ0n) is 22.7. The molecule has 2 aromatic rings. The number of hydrogen-bond acceptors (Lipinski definition) is 6. The Bertz CT molecular complexity index is 1130. The summed E-state index contributed by atoms with van der Waals surface area (Å²) in [6.45, 7) is 10.9. The number of rotatable bonds is 1. The van der Waals surface area contributed by atoms with Crippen LogP contribution in [0.5, 0.6) is 0 Å². The number of aliphatic hydroxyl groups excluding tert-OH is 2. The van der Waals surface area contributed by atoms with Crippen molar-refractivity contribution in [2.45, 2.75) is 92.0 Å². The Kier molecular flexibility index (Phi) is 8.78. The number of esters is 1. The minimum atomic E-state index is -1.23. The highest BCUT2D eigenvalue weighted by atomic mass is 16.5. The highest BCUT2D eigenvalue weighted by molar-refractivity contribution is 5.88. The van der Waals surface area contributed by atoms with Crippen molar-refractivity contribution in [2.75, 3.05) is 0 Å². The van der Waals surface area contributed by atoms with Crippen molar-refractivity contribution in [2.24, 2.45) is 24.3 Å². The molecule has 0 saturated heterocycles. The van der Waals surface area contributed by atoms with Gasteiger partial charge in [0.25, 0.3) is 0 Å². The first-order valence-electron chi connectivity index (χ1n) is 13.0. The number of Topliss-reactive ketones (excluding diaryl/α,β-unsaturated/α-hetero) is 1. The highest BCUT2D eigenvalue weighted by Gasteiger charge is 2.42. The molecule has 0 bridgehead atoms. The van der Waals surface area contributed by atoms with E-state index in [4.69, 9.17) is 4.74 Å². The fraction of sp³-hybridized carbons (Fsp3) is 0.621. The van der Waals surface area contributed by atoms with Gasteiger partial charge in [0.05, 0.1) is 35.1 Å². The molecule has 2 unspecified atom stereocenters. The van der Waals surface area contributed by atoms with Gasteiger partial charge in [0.15, 0.2) is 0 Å². The zero-order chi connectivity index (χ0) is 26.8. The average molecular weight is 499 g/mol. The summed E-state index contributed by atoms with van der Waals surface area (Å²) < 4.78 is 7.91. The molecule has 0 amide bonds. The summed E-state index contributed by atoms with van der Waals surface area (Å²) in [4.78, 5) is 30.8. The van der Waals surface area contributed by atoms with Crippen LogP contribution in [-0.2, 0) is 21.4 Å². The Hall–Kier alpha value is -2.51. The number of benzene rings is 1. The maximum absolute atomic E-state index is 13.2. The molecule has 2 heterocycles. The van der Waals surface area contributed by atoms with Crippen molar-refractivity contribution < 1.29 is 24.5 Å². The lowest BCUT2D eigenvalue weighted by Gasteiger charge is -2.34. The fourth-order valence-corrected chi connectivity index (χ4v) is 5.09. The van der Waals surface area contributed by atoms with Gasteiger partial charge < -0.3 is 19.5 Å². The maximum atomic E-state index is 13.2. The minimum Gasteiger partial charge on any atom is -0.457 e. The van der Waals surface area contributed by atoms with Crippen LogP contribution in [0.1, 0.15) is 84.2 Å². The number of hydrogen-bond donors (Lipinski definition) is 2. The second-order valence-electron chi connectivity index (χ2n) is 11.2. The van der Waals surface area contributed by atoms with Crippen molar-refractivity contribution in [1.29, 1.82) is 0 Å². The summed E-state index contributed by atoms with van der Waals surface area (Å²) in [6.07, 6.45) is 2.28. The predicted molar refractivity (Wildman–Crippen MR) is 140 cm³/mol. The second kappa shape index (κ2) is 11.3. The van der Waals surface area contributed by atoms with E-state index in [9.17, 15) is 19.8 Å². The van der Waals surface area contributed by atoms with Gasteiger partial charge >= 0.3 is 5.97 Å². The number of carbonyl (C=O) groups excluding carboxylic acids is 2. The molecule has 36 heavy (non-hydrogen) atoms. The van der Waals surface area contributed by atoms with Crippen LogP contribution in [0.25, 0.3) is 11.0 Å².